The van der Waals surface area contributed by atoms with Crippen molar-refractivity contribution < 1.29 is 17.9 Å². The lowest BCUT2D eigenvalue weighted by molar-refractivity contribution is 0.446. The van der Waals surface area contributed by atoms with Gasteiger partial charge in [0.2, 0.25) is 0 Å². The number of sulfonamides is 1. The Balaban J connectivity index is 1.56. The van der Waals surface area contributed by atoms with Gasteiger partial charge in [0.1, 0.15) is 17.1 Å². The summed E-state index contributed by atoms with van der Waals surface area (Å²) >= 11 is 0.823. The zero-order chi connectivity index (χ0) is 25.3. The minimum Gasteiger partial charge on any atom is -0.504 e. The number of hydrogen-bond acceptors (Lipinski definition) is 9. The van der Waals surface area contributed by atoms with Gasteiger partial charge in [-0.2, -0.15) is 4.31 Å². The first kappa shape index (κ1) is 24.7. The first-order valence-corrected chi connectivity index (χ1v) is 13.2. The molecule has 0 saturated heterocycles. The smallest absolute Gasteiger partial charge is 0.256 e. The zero-order valence-corrected chi connectivity index (χ0v) is 21.0. The molecule has 2 heterocycles. The van der Waals surface area contributed by atoms with Gasteiger partial charge in [0.15, 0.2) is 9.96 Å². The van der Waals surface area contributed by atoms with Gasteiger partial charge < -0.3 is 20.2 Å². The van der Waals surface area contributed by atoms with Gasteiger partial charge in [0.25, 0.3) is 20.9 Å². The number of aryl methyl sites for hydroxylation is 1. The predicted octanol–water partition coefficient (Wildman–Crippen LogP) is 4.08. The van der Waals surface area contributed by atoms with Crippen molar-refractivity contribution in [3.05, 3.63) is 85.4 Å². The molecule has 0 saturated carbocycles. The third-order valence-corrected chi connectivity index (χ3v) is 8.91. The third kappa shape index (κ3) is 4.75. The summed E-state index contributed by atoms with van der Waals surface area (Å²) in [5.41, 5.74) is 0.327. The molecule has 0 radical (unpaired) electrons. The molecule has 0 bridgehead atoms. The van der Waals surface area contributed by atoms with Crippen LogP contribution in [0.15, 0.2) is 66.3 Å². The fourth-order valence-corrected chi connectivity index (χ4v) is 6.23. The predicted molar refractivity (Wildman–Crippen MR) is 136 cm³/mol. The first-order valence-electron chi connectivity index (χ1n) is 10.9. The Labute approximate surface area is 206 Å². The van der Waals surface area contributed by atoms with Crippen molar-refractivity contribution in [3.8, 4) is 5.75 Å². The topological polar surface area (TPSA) is 129 Å². The van der Waals surface area contributed by atoms with Crippen LogP contribution in [0.2, 0.25) is 0 Å². The normalized spacial score (nSPS) is 12.8. The molecular weight excluding hydrogens is 490 g/mol. The monoisotopic (exact) mass is 515 g/mol. The Bertz CT molecular complexity index is 1510. The fourth-order valence-electron chi connectivity index (χ4n) is 3.64. The molecule has 0 unspecified atom stereocenters. The lowest BCUT2D eigenvalue weighted by atomic mass is 10.1. The number of thiophene rings is 1. The number of benzene rings is 1. The Hall–Kier alpha value is -3.41. The molecule has 0 amide bonds. The number of anilines is 3. The highest BCUT2D eigenvalue weighted by Gasteiger charge is 2.30. The minimum atomic E-state index is -4.00. The number of rotatable bonds is 10. The number of nitrogens with zero attached hydrogens (tertiary/aromatic N) is 1. The number of aromatic hydroxyl groups is 1. The molecule has 35 heavy (non-hydrogen) atoms. The fraction of sp³-hybridized carbons (Fsp3) is 0.250. The molecule has 4 rings (SSSR count). The number of hydrogen-bond donors (Lipinski definition) is 3. The quantitative estimate of drug-likeness (QED) is 0.270. The molecule has 0 spiro atoms. The molecule has 2 aromatic heterocycles. The Morgan fingerprint density at radius 1 is 1.14 bits per heavy atom. The molecular formula is C24H25N3O6S2. The van der Waals surface area contributed by atoms with E-state index in [1.165, 1.54) is 12.4 Å². The summed E-state index contributed by atoms with van der Waals surface area (Å²) < 4.78 is 32.5. The van der Waals surface area contributed by atoms with Crippen LogP contribution in [0.1, 0.15) is 36.3 Å². The molecule has 1 atom stereocenters. The van der Waals surface area contributed by atoms with Crippen molar-refractivity contribution in [3.63, 3.8) is 0 Å². The largest absolute Gasteiger partial charge is 0.504 e. The summed E-state index contributed by atoms with van der Waals surface area (Å²) in [6.45, 7) is 3.91. The van der Waals surface area contributed by atoms with Crippen LogP contribution >= 0.6 is 11.3 Å². The molecule has 0 fully saturated rings. The van der Waals surface area contributed by atoms with E-state index in [-0.39, 0.29) is 33.9 Å². The molecule has 3 N–H and O–H groups in total. The Morgan fingerprint density at radius 2 is 1.83 bits per heavy atom. The molecule has 11 heteroatoms. The Morgan fingerprint density at radius 3 is 2.46 bits per heavy atom. The summed E-state index contributed by atoms with van der Waals surface area (Å²) in [4.78, 5) is 24.5. The van der Waals surface area contributed by atoms with Gasteiger partial charge in [-0.25, -0.2) is 8.42 Å². The molecule has 0 aliphatic rings. The van der Waals surface area contributed by atoms with Crippen molar-refractivity contribution in [2.75, 3.05) is 17.7 Å². The minimum absolute atomic E-state index is 0.0266. The highest BCUT2D eigenvalue weighted by Crippen LogP contribution is 2.41. The van der Waals surface area contributed by atoms with Gasteiger partial charge in [-0.05, 0) is 30.5 Å². The maximum absolute atomic E-state index is 13.1. The lowest BCUT2D eigenvalue weighted by Crippen LogP contribution is -2.37. The van der Waals surface area contributed by atoms with Crippen LogP contribution in [-0.2, 0) is 16.6 Å². The van der Waals surface area contributed by atoms with Crippen molar-refractivity contribution in [1.82, 2.24) is 4.31 Å². The summed E-state index contributed by atoms with van der Waals surface area (Å²) in [5.74, 6) is 0.111. The lowest BCUT2D eigenvalue weighted by Gasteiger charge is -2.20. The van der Waals surface area contributed by atoms with Crippen LogP contribution < -0.4 is 21.5 Å². The second-order valence-corrected chi connectivity index (χ2v) is 11.3. The molecule has 9 nitrogen and oxygen atoms in total. The average molecular weight is 516 g/mol. The zero-order valence-electron chi connectivity index (χ0n) is 19.4. The van der Waals surface area contributed by atoms with Crippen LogP contribution in [0.25, 0.3) is 0 Å². The highest BCUT2D eigenvalue weighted by molar-refractivity contribution is 7.91. The van der Waals surface area contributed by atoms with Crippen molar-refractivity contribution in [2.45, 2.75) is 37.1 Å². The molecule has 0 aliphatic heterocycles. The Kier molecular flexibility index (Phi) is 6.84. The van der Waals surface area contributed by atoms with Gasteiger partial charge in [-0.3, -0.25) is 9.59 Å². The average Bonchev–Trinajstić information content (AvgIpc) is 3.44. The van der Waals surface area contributed by atoms with Gasteiger partial charge >= 0.3 is 0 Å². The first-order chi connectivity index (χ1) is 16.6. The molecule has 4 aromatic rings. The van der Waals surface area contributed by atoms with E-state index in [1.807, 2.05) is 38.1 Å². The molecule has 2 aromatic carbocycles. The molecule has 0 aliphatic carbocycles. The second kappa shape index (κ2) is 9.68. The maximum atomic E-state index is 13.1. The van der Waals surface area contributed by atoms with Crippen LogP contribution in [0.4, 0.5) is 17.1 Å². The van der Waals surface area contributed by atoms with Gasteiger partial charge in [-0.1, -0.05) is 37.3 Å². The summed E-state index contributed by atoms with van der Waals surface area (Å²) in [6, 6.07) is 10.6. The van der Waals surface area contributed by atoms with E-state index in [2.05, 4.69) is 10.6 Å². The van der Waals surface area contributed by atoms with Gasteiger partial charge in [-0.15, -0.1) is 11.3 Å². The highest BCUT2D eigenvalue weighted by atomic mass is 32.2. The van der Waals surface area contributed by atoms with Gasteiger partial charge in [0.05, 0.1) is 18.0 Å². The van der Waals surface area contributed by atoms with Crippen LogP contribution in [-0.4, -0.2) is 24.9 Å². The number of furan rings is 1. The van der Waals surface area contributed by atoms with E-state index in [0.29, 0.717) is 12.2 Å². The standard InChI is InChI=1S/C24H25N3O6S2/c1-4-16(18-10-14(2)12-33-18)25-19-20(23(30)22(19)29)26-17-13-34-24(21(17)28)35(31,32)27(3)11-15-8-6-5-7-9-15/h5-10,12-13,16,25-26,28H,4,11H2,1-3H3/t16-/m1/s1. The third-order valence-electron chi connectivity index (χ3n) is 5.62. The summed E-state index contributed by atoms with van der Waals surface area (Å²) in [6.07, 6.45) is 2.19. The van der Waals surface area contributed by atoms with E-state index in [4.69, 9.17) is 4.42 Å². The van der Waals surface area contributed by atoms with E-state index < -0.39 is 26.6 Å². The van der Waals surface area contributed by atoms with Crippen molar-refractivity contribution >= 4 is 38.4 Å². The van der Waals surface area contributed by atoms with E-state index >= 15 is 0 Å². The van der Waals surface area contributed by atoms with E-state index in [9.17, 15) is 23.1 Å². The van der Waals surface area contributed by atoms with Crippen LogP contribution in [0.5, 0.6) is 5.75 Å². The SMILES string of the molecule is CC[C@@H](Nc1c(Nc2csc(S(=O)(=O)N(C)Cc3ccccc3)c2O)c(=O)c1=O)c1cc(C)co1. The van der Waals surface area contributed by atoms with Crippen LogP contribution in [0.3, 0.4) is 0 Å². The van der Waals surface area contributed by atoms with Crippen LogP contribution in [0, 0.1) is 6.92 Å². The number of nitrogens with one attached hydrogen (secondary N) is 2. The maximum Gasteiger partial charge on any atom is 0.256 e. The summed E-state index contributed by atoms with van der Waals surface area (Å²) in [5, 5.41) is 17.8. The van der Waals surface area contributed by atoms with Crippen molar-refractivity contribution in [1.29, 1.82) is 0 Å². The van der Waals surface area contributed by atoms with Crippen molar-refractivity contribution in [2.24, 2.45) is 0 Å². The van der Waals surface area contributed by atoms with E-state index in [1.54, 1.807) is 18.4 Å². The summed E-state index contributed by atoms with van der Waals surface area (Å²) in [7, 11) is -2.57. The van der Waals surface area contributed by atoms with E-state index in [0.717, 1.165) is 26.8 Å². The molecule has 184 valence electrons. The van der Waals surface area contributed by atoms with Gasteiger partial charge in [0, 0.05) is 19.0 Å². The second-order valence-electron chi connectivity index (χ2n) is 8.20.